The fourth-order valence-corrected chi connectivity index (χ4v) is 1.09. The van der Waals surface area contributed by atoms with E-state index in [9.17, 15) is 4.79 Å². The van der Waals surface area contributed by atoms with Gasteiger partial charge >= 0.3 is 0 Å². The molecule has 0 spiro atoms. The lowest BCUT2D eigenvalue weighted by molar-refractivity contribution is -0.108. The van der Waals surface area contributed by atoms with Gasteiger partial charge in [-0.3, -0.25) is 0 Å². The molecule has 0 fully saturated rings. The third-order valence-corrected chi connectivity index (χ3v) is 1.87. The first-order chi connectivity index (χ1) is 7.22. The van der Waals surface area contributed by atoms with E-state index in [0.717, 1.165) is 6.29 Å². The number of carbonyl (C=O) groups is 1. The first-order valence-corrected chi connectivity index (χ1v) is 5.00. The largest absolute Gasteiger partial charge is 0.470 e. The van der Waals surface area contributed by atoms with Crippen LogP contribution in [0.5, 0.6) is 0 Å². The predicted molar refractivity (Wildman–Crippen MR) is 62.1 cm³/mol. The highest BCUT2D eigenvalue weighted by atomic mass is 35.5. The number of halogens is 1. The van der Waals surface area contributed by atoms with Gasteiger partial charge in [0.15, 0.2) is 0 Å². The molecule has 0 saturated carbocycles. The summed E-state index contributed by atoms with van der Waals surface area (Å²) >= 11 is 10.5. The van der Waals surface area contributed by atoms with Crippen molar-refractivity contribution < 1.29 is 9.53 Å². The van der Waals surface area contributed by atoms with Crippen molar-refractivity contribution in [2.75, 3.05) is 11.9 Å². The molecule has 0 aliphatic rings. The van der Waals surface area contributed by atoms with Crippen LogP contribution in [-0.4, -0.2) is 23.1 Å². The molecule has 0 aliphatic carbocycles. The predicted octanol–water partition coefficient (Wildman–Crippen LogP) is 2.04. The number of ether oxygens (including phenoxy) is 1. The summed E-state index contributed by atoms with van der Waals surface area (Å²) in [7, 11) is 0. The first kappa shape index (κ1) is 11.9. The van der Waals surface area contributed by atoms with Crippen LogP contribution in [0.2, 0.25) is 5.02 Å². The van der Waals surface area contributed by atoms with Gasteiger partial charge in [0.1, 0.15) is 12.1 Å². The minimum atomic E-state index is 0.187. The SMILES string of the molecule is O=CCCOC(=S)Nc1ccc(Cl)cn1. The minimum absolute atomic E-state index is 0.187. The molecule has 0 atom stereocenters. The van der Waals surface area contributed by atoms with Crippen molar-refractivity contribution >= 4 is 41.1 Å². The molecule has 4 nitrogen and oxygen atoms in total. The molecule has 6 heteroatoms. The molecule has 0 radical (unpaired) electrons. The summed E-state index contributed by atoms with van der Waals surface area (Å²) < 4.78 is 5.03. The van der Waals surface area contributed by atoms with Crippen LogP contribution < -0.4 is 5.32 Å². The molecule has 15 heavy (non-hydrogen) atoms. The summed E-state index contributed by atoms with van der Waals surface area (Å²) in [5, 5.41) is 3.49. The molecule has 0 aromatic carbocycles. The Bertz CT molecular complexity index is 342. The highest BCUT2D eigenvalue weighted by Crippen LogP contribution is 2.09. The van der Waals surface area contributed by atoms with Gasteiger partial charge in [-0.2, -0.15) is 0 Å². The van der Waals surface area contributed by atoms with Crippen molar-refractivity contribution in [1.82, 2.24) is 4.98 Å². The van der Waals surface area contributed by atoms with Gasteiger partial charge in [-0.05, 0) is 24.4 Å². The van der Waals surface area contributed by atoms with Crippen molar-refractivity contribution in [3.63, 3.8) is 0 Å². The lowest BCUT2D eigenvalue weighted by atomic mass is 10.5. The van der Waals surface area contributed by atoms with Crippen molar-refractivity contribution in [2.24, 2.45) is 0 Å². The molecule has 1 aromatic rings. The molecular weight excluding hydrogens is 236 g/mol. The fraction of sp³-hybridized carbons (Fsp3) is 0.222. The molecule has 1 N–H and O–H groups in total. The Balaban J connectivity index is 2.37. The second-order valence-corrected chi connectivity index (χ2v) is 3.39. The number of hydrogen-bond donors (Lipinski definition) is 1. The number of thiocarbonyl (C=S) groups is 1. The molecule has 1 rings (SSSR count). The summed E-state index contributed by atoms with van der Waals surface area (Å²) in [6.07, 6.45) is 2.58. The molecule has 0 amide bonds. The highest BCUT2D eigenvalue weighted by molar-refractivity contribution is 7.80. The van der Waals surface area contributed by atoms with E-state index in [0.29, 0.717) is 17.3 Å². The van der Waals surface area contributed by atoms with Crippen molar-refractivity contribution in [3.05, 3.63) is 23.4 Å². The van der Waals surface area contributed by atoms with Crippen LogP contribution in [0.4, 0.5) is 5.82 Å². The Morgan fingerprint density at radius 2 is 2.47 bits per heavy atom. The van der Waals surface area contributed by atoms with Gasteiger partial charge in [0.05, 0.1) is 11.6 Å². The highest BCUT2D eigenvalue weighted by Gasteiger charge is 1.99. The van der Waals surface area contributed by atoms with E-state index in [1.807, 2.05) is 0 Å². The van der Waals surface area contributed by atoms with E-state index < -0.39 is 0 Å². The summed E-state index contributed by atoms with van der Waals surface area (Å²) in [4.78, 5) is 14.0. The summed E-state index contributed by atoms with van der Waals surface area (Å²) in [6, 6.07) is 3.36. The van der Waals surface area contributed by atoms with Crippen LogP contribution in [-0.2, 0) is 9.53 Å². The van der Waals surface area contributed by atoms with E-state index in [1.165, 1.54) is 6.20 Å². The Morgan fingerprint density at radius 1 is 1.67 bits per heavy atom. The van der Waals surface area contributed by atoms with E-state index >= 15 is 0 Å². The monoisotopic (exact) mass is 244 g/mol. The zero-order chi connectivity index (χ0) is 11.1. The summed E-state index contributed by atoms with van der Waals surface area (Å²) in [5.41, 5.74) is 0. The van der Waals surface area contributed by atoms with Crippen LogP contribution >= 0.6 is 23.8 Å². The topological polar surface area (TPSA) is 51.2 Å². The molecule has 1 aromatic heterocycles. The molecule has 0 saturated heterocycles. The number of nitrogens with one attached hydrogen (secondary N) is 1. The maximum atomic E-state index is 10.0. The Kier molecular flexibility index (Phi) is 5.00. The second-order valence-electron chi connectivity index (χ2n) is 2.58. The molecule has 0 unspecified atom stereocenters. The van der Waals surface area contributed by atoms with Gasteiger partial charge < -0.3 is 14.8 Å². The minimum Gasteiger partial charge on any atom is -0.470 e. The maximum Gasteiger partial charge on any atom is 0.262 e. The molecule has 0 bridgehead atoms. The lowest BCUT2D eigenvalue weighted by Gasteiger charge is -2.07. The third kappa shape index (κ3) is 4.71. The van der Waals surface area contributed by atoms with E-state index in [1.54, 1.807) is 12.1 Å². The van der Waals surface area contributed by atoms with Gasteiger partial charge in [-0.1, -0.05) is 11.6 Å². The van der Waals surface area contributed by atoms with Gasteiger partial charge in [0.25, 0.3) is 5.17 Å². The maximum absolute atomic E-state index is 10.0. The number of rotatable bonds is 4. The number of hydrogen-bond acceptors (Lipinski definition) is 4. The first-order valence-electron chi connectivity index (χ1n) is 4.21. The number of aldehydes is 1. The zero-order valence-electron chi connectivity index (χ0n) is 7.77. The lowest BCUT2D eigenvalue weighted by Crippen LogP contribution is -2.14. The van der Waals surface area contributed by atoms with Crippen LogP contribution in [0, 0.1) is 0 Å². The fourth-order valence-electron chi connectivity index (χ4n) is 0.790. The standard InChI is InChI=1S/C9H9ClN2O2S/c10-7-2-3-8(11-6-7)12-9(15)14-5-1-4-13/h2-4,6H,1,5H2,(H,11,12,15). The van der Waals surface area contributed by atoms with Crippen LogP contribution in [0.15, 0.2) is 18.3 Å². The number of carbonyl (C=O) groups excluding carboxylic acids is 1. The molecule has 0 aliphatic heterocycles. The van der Waals surface area contributed by atoms with Crippen LogP contribution in [0.25, 0.3) is 0 Å². The van der Waals surface area contributed by atoms with E-state index in [4.69, 9.17) is 28.6 Å². The molecule has 80 valence electrons. The molecule has 1 heterocycles. The van der Waals surface area contributed by atoms with Gasteiger partial charge in [-0.15, -0.1) is 0 Å². The Labute approximate surface area is 97.6 Å². The normalized spacial score (nSPS) is 9.40. The van der Waals surface area contributed by atoms with Crippen LogP contribution in [0.1, 0.15) is 6.42 Å². The van der Waals surface area contributed by atoms with Gasteiger partial charge in [0, 0.05) is 12.6 Å². The second kappa shape index (κ2) is 6.31. The zero-order valence-corrected chi connectivity index (χ0v) is 9.35. The van der Waals surface area contributed by atoms with E-state index in [2.05, 4.69) is 10.3 Å². The molecular formula is C9H9ClN2O2S. The summed E-state index contributed by atoms with van der Waals surface area (Å²) in [5.74, 6) is 0.551. The Hall–Kier alpha value is -1.20. The quantitative estimate of drug-likeness (QED) is 0.499. The van der Waals surface area contributed by atoms with Gasteiger partial charge in [0.2, 0.25) is 0 Å². The average molecular weight is 245 g/mol. The smallest absolute Gasteiger partial charge is 0.262 e. The number of anilines is 1. The number of nitrogens with zero attached hydrogens (tertiary/aromatic N) is 1. The van der Waals surface area contributed by atoms with Crippen molar-refractivity contribution in [1.29, 1.82) is 0 Å². The Morgan fingerprint density at radius 3 is 3.07 bits per heavy atom. The number of aromatic nitrogens is 1. The third-order valence-electron chi connectivity index (χ3n) is 1.43. The van der Waals surface area contributed by atoms with Crippen molar-refractivity contribution in [2.45, 2.75) is 6.42 Å². The van der Waals surface area contributed by atoms with E-state index in [-0.39, 0.29) is 11.8 Å². The van der Waals surface area contributed by atoms with Crippen molar-refractivity contribution in [3.8, 4) is 0 Å². The number of pyridine rings is 1. The van der Waals surface area contributed by atoms with Gasteiger partial charge in [-0.25, -0.2) is 4.98 Å². The van der Waals surface area contributed by atoms with Crippen LogP contribution in [0.3, 0.4) is 0 Å². The summed E-state index contributed by atoms with van der Waals surface area (Å²) in [6.45, 7) is 0.267. The average Bonchev–Trinajstić information content (AvgIpc) is 2.22.